The Morgan fingerprint density at radius 3 is 2.29 bits per heavy atom. The van der Waals surface area contributed by atoms with Gasteiger partial charge in [0.1, 0.15) is 11.9 Å². The van der Waals surface area contributed by atoms with Crippen molar-refractivity contribution in [3.63, 3.8) is 0 Å². The van der Waals surface area contributed by atoms with Crippen molar-refractivity contribution >= 4 is 5.97 Å². The third-order valence-corrected chi connectivity index (χ3v) is 7.91. The van der Waals surface area contributed by atoms with E-state index >= 15 is 0 Å². The Morgan fingerprint density at radius 2 is 1.62 bits per heavy atom. The van der Waals surface area contributed by atoms with Crippen LogP contribution in [0.3, 0.4) is 0 Å². The van der Waals surface area contributed by atoms with E-state index in [2.05, 4.69) is 36.5 Å². The van der Waals surface area contributed by atoms with Crippen molar-refractivity contribution in [3.8, 4) is 5.75 Å². The van der Waals surface area contributed by atoms with Crippen LogP contribution in [0.2, 0.25) is 0 Å². The molecule has 0 heterocycles. The number of ether oxygens (including phenoxy) is 2. The van der Waals surface area contributed by atoms with Crippen molar-refractivity contribution in [3.05, 3.63) is 66.2 Å². The lowest BCUT2D eigenvalue weighted by molar-refractivity contribution is -0.171. The second-order valence-electron chi connectivity index (χ2n) is 10.2. The molecule has 2 aliphatic carbocycles. The molecule has 4 nitrogen and oxygen atoms in total. The van der Waals surface area contributed by atoms with Crippen molar-refractivity contribution in [2.75, 3.05) is 19.7 Å². The summed E-state index contributed by atoms with van der Waals surface area (Å²) in [5.41, 5.74) is 0.684. The zero-order valence-electron chi connectivity index (χ0n) is 20.7. The lowest BCUT2D eigenvalue weighted by atomic mass is 9.69. The number of benzene rings is 2. The van der Waals surface area contributed by atoms with Crippen LogP contribution in [-0.2, 0) is 14.9 Å². The first-order valence-electron chi connectivity index (χ1n) is 13.3. The normalized spacial score (nSPS) is 24.0. The summed E-state index contributed by atoms with van der Waals surface area (Å²) in [6, 6.07) is 20.4. The van der Waals surface area contributed by atoms with Crippen molar-refractivity contribution in [1.29, 1.82) is 0 Å². The number of carbonyl (C=O) groups is 1. The van der Waals surface area contributed by atoms with Gasteiger partial charge in [0.2, 0.25) is 0 Å². The highest BCUT2D eigenvalue weighted by molar-refractivity contribution is 5.83. The van der Waals surface area contributed by atoms with E-state index in [9.17, 15) is 4.79 Å². The first-order chi connectivity index (χ1) is 16.7. The van der Waals surface area contributed by atoms with Gasteiger partial charge < -0.3 is 14.8 Å². The Labute approximate surface area is 205 Å². The number of esters is 1. The molecular formula is C30H41NO3. The van der Waals surface area contributed by atoms with E-state index in [-0.39, 0.29) is 12.1 Å². The average Bonchev–Trinajstić information content (AvgIpc) is 3.14. The Morgan fingerprint density at radius 1 is 0.941 bits per heavy atom. The van der Waals surface area contributed by atoms with Crippen molar-refractivity contribution in [1.82, 2.24) is 5.32 Å². The first kappa shape index (κ1) is 24.8. The second kappa shape index (κ2) is 12.4. The van der Waals surface area contributed by atoms with Crippen LogP contribution in [0.15, 0.2) is 60.7 Å². The van der Waals surface area contributed by atoms with E-state index in [0.29, 0.717) is 11.8 Å². The van der Waals surface area contributed by atoms with Gasteiger partial charge in [0.15, 0.2) is 0 Å². The highest BCUT2D eigenvalue weighted by Crippen LogP contribution is 2.44. The van der Waals surface area contributed by atoms with E-state index in [1.807, 2.05) is 36.4 Å². The van der Waals surface area contributed by atoms with Gasteiger partial charge in [0.25, 0.3) is 0 Å². The highest BCUT2D eigenvalue weighted by atomic mass is 16.5. The first-order valence-corrected chi connectivity index (χ1v) is 13.3. The number of hydrogen-bond donors (Lipinski definition) is 1. The molecule has 0 spiro atoms. The fourth-order valence-electron chi connectivity index (χ4n) is 5.74. The van der Waals surface area contributed by atoms with Gasteiger partial charge in [-0.05, 0) is 74.7 Å². The molecule has 34 heavy (non-hydrogen) atoms. The zero-order chi connectivity index (χ0) is 23.6. The monoisotopic (exact) mass is 463 g/mol. The summed E-state index contributed by atoms with van der Waals surface area (Å²) in [6.45, 7) is 4.91. The maximum atomic E-state index is 13.6. The molecule has 0 radical (unpaired) electrons. The number of rotatable bonds is 11. The van der Waals surface area contributed by atoms with Crippen LogP contribution in [-0.4, -0.2) is 31.8 Å². The molecule has 0 aliphatic heterocycles. The van der Waals surface area contributed by atoms with E-state index < -0.39 is 5.41 Å². The molecule has 4 rings (SSSR count). The molecule has 3 atom stereocenters. The maximum absolute atomic E-state index is 13.6. The summed E-state index contributed by atoms with van der Waals surface area (Å²) in [7, 11) is 0. The predicted octanol–water partition coefficient (Wildman–Crippen LogP) is 6.30. The predicted molar refractivity (Wildman–Crippen MR) is 137 cm³/mol. The molecule has 2 fully saturated rings. The minimum atomic E-state index is -0.460. The molecule has 2 saturated carbocycles. The molecule has 2 aliphatic rings. The van der Waals surface area contributed by atoms with Gasteiger partial charge in [-0.2, -0.15) is 0 Å². The Hall–Kier alpha value is -2.33. The molecule has 4 heteroatoms. The van der Waals surface area contributed by atoms with E-state index in [1.165, 1.54) is 12.8 Å². The van der Waals surface area contributed by atoms with Crippen LogP contribution in [0.4, 0.5) is 0 Å². The molecule has 0 saturated heterocycles. The third kappa shape index (κ3) is 6.21. The standard InChI is InChI=1S/C30H41NO3/c1-24-23-28(27(24)17-21-31-20-12-22-33-26-15-8-5-9-16-26)34-29(32)30(18-10-2-3-11-19-30)25-13-6-4-7-14-25/h4-9,13-16,24,27-28,31H,2-3,10-12,17-23H2,1H3/t24?,27?,28-/m0/s1. The lowest BCUT2D eigenvalue weighted by Gasteiger charge is -2.44. The summed E-state index contributed by atoms with van der Waals surface area (Å²) in [6.07, 6.45) is 9.55. The molecule has 2 aromatic carbocycles. The van der Waals surface area contributed by atoms with Crippen LogP contribution >= 0.6 is 0 Å². The van der Waals surface area contributed by atoms with Gasteiger partial charge in [-0.25, -0.2) is 0 Å². The van der Waals surface area contributed by atoms with Crippen LogP contribution in [0, 0.1) is 11.8 Å². The van der Waals surface area contributed by atoms with E-state index in [0.717, 1.165) is 76.0 Å². The van der Waals surface area contributed by atoms with E-state index in [1.54, 1.807) is 0 Å². The van der Waals surface area contributed by atoms with Crippen molar-refractivity contribution in [2.45, 2.75) is 76.2 Å². The summed E-state index contributed by atoms with van der Waals surface area (Å²) in [5, 5.41) is 3.55. The van der Waals surface area contributed by atoms with Gasteiger partial charge in [-0.3, -0.25) is 4.79 Å². The Bertz CT molecular complexity index is 861. The van der Waals surface area contributed by atoms with Crippen LogP contribution in [0.1, 0.15) is 70.3 Å². The summed E-state index contributed by atoms with van der Waals surface area (Å²) < 4.78 is 12.0. The average molecular weight is 464 g/mol. The summed E-state index contributed by atoms with van der Waals surface area (Å²) >= 11 is 0. The third-order valence-electron chi connectivity index (χ3n) is 7.91. The molecule has 1 N–H and O–H groups in total. The molecular weight excluding hydrogens is 422 g/mol. The van der Waals surface area contributed by atoms with Crippen LogP contribution in [0.25, 0.3) is 0 Å². The number of hydrogen-bond acceptors (Lipinski definition) is 4. The maximum Gasteiger partial charge on any atom is 0.316 e. The van der Waals surface area contributed by atoms with E-state index in [4.69, 9.17) is 9.47 Å². The topological polar surface area (TPSA) is 47.6 Å². The van der Waals surface area contributed by atoms with Gasteiger partial charge in [0.05, 0.1) is 12.0 Å². The summed E-state index contributed by atoms with van der Waals surface area (Å²) in [4.78, 5) is 13.6. The fourth-order valence-corrected chi connectivity index (χ4v) is 5.74. The van der Waals surface area contributed by atoms with Gasteiger partial charge >= 0.3 is 5.97 Å². The molecule has 0 amide bonds. The quantitative estimate of drug-likeness (QED) is 0.241. The lowest BCUT2D eigenvalue weighted by Crippen LogP contribution is -2.48. The smallest absolute Gasteiger partial charge is 0.316 e. The SMILES string of the molecule is CC1C[C@H](OC(=O)C2(c3ccccc3)CCCCCC2)C1CCNCCCOc1ccccc1. The number of nitrogens with one attached hydrogen (secondary N) is 1. The Kier molecular flexibility index (Phi) is 9.04. The largest absolute Gasteiger partial charge is 0.494 e. The van der Waals surface area contributed by atoms with Crippen molar-refractivity contribution in [2.24, 2.45) is 11.8 Å². The minimum absolute atomic E-state index is 0.0218. The van der Waals surface area contributed by atoms with Crippen molar-refractivity contribution < 1.29 is 14.3 Å². The number of carbonyl (C=O) groups excluding carboxylic acids is 1. The van der Waals surface area contributed by atoms with Gasteiger partial charge in [-0.15, -0.1) is 0 Å². The Balaban J connectivity index is 1.23. The second-order valence-corrected chi connectivity index (χ2v) is 10.2. The molecule has 184 valence electrons. The van der Waals surface area contributed by atoms with Gasteiger partial charge in [-0.1, -0.05) is 81.1 Å². The zero-order valence-corrected chi connectivity index (χ0v) is 20.7. The molecule has 2 unspecified atom stereocenters. The van der Waals surface area contributed by atoms with Crippen LogP contribution in [0.5, 0.6) is 5.75 Å². The summed E-state index contributed by atoms with van der Waals surface area (Å²) in [5.74, 6) is 2.02. The molecule has 2 aromatic rings. The van der Waals surface area contributed by atoms with Gasteiger partial charge in [0, 0.05) is 0 Å². The molecule has 0 bridgehead atoms. The minimum Gasteiger partial charge on any atom is -0.494 e. The number of para-hydroxylation sites is 1. The fraction of sp³-hybridized carbons (Fsp3) is 0.567. The highest BCUT2D eigenvalue weighted by Gasteiger charge is 2.46. The molecule has 0 aromatic heterocycles. The van der Waals surface area contributed by atoms with Crippen LogP contribution < -0.4 is 10.1 Å².